The normalized spacial score (nSPS) is 10.5. The number of aryl methyl sites for hydroxylation is 2. The molecular formula is C21H22N2O3. The second-order valence-electron chi connectivity index (χ2n) is 5.98. The Kier molecular flexibility index (Phi) is 5.69. The molecule has 0 aliphatic rings. The van der Waals surface area contributed by atoms with Crippen LogP contribution in [-0.2, 0) is 17.8 Å². The van der Waals surface area contributed by atoms with Gasteiger partial charge in [-0.15, -0.1) is 0 Å². The smallest absolute Gasteiger partial charge is 0.226 e. The number of methoxy groups -OCH3 is 1. The number of carbonyl (C=O) groups excluding carboxylic acids is 1. The summed E-state index contributed by atoms with van der Waals surface area (Å²) in [4.78, 5) is 16.7. The zero-order valence-electron chi connectivity index (χ0n) is 15.0. The van der Waals surface area contributed by atoms with Crippen LogP contribution in [0.5, 0.6) is 5.75 Å². The number of amides is 1. The van der Waals surface area contributed by atoms with Gasteiger partial charge in [0, 0.05) is 30.5 Å². The Bertz CT molecular complexity index is 872. The topological polar surface area (TPSA) is 64.4 Å². The van der Waals surface area contributed by atoms with Gasteiger partial charge in [0.1, 0.15) is 11.5 Å². The third-order valence-corrected chi connectivity index (χ3v) is 4.17. The van der Waals surface area contributed by atoms with Gasteiger partial charge in [0.2, 0.25) is 11.8 Å². The van der Waals surface area contributed by atoms with Crippen molar-refractivity contribution in [2.75, 3.05) is 7.11 Å². The summed E-state index contributed by atoms with van der Waals surface area (Å²) in [6, 6.07) is 17.4. The summed E-state index contributed by atoms with van der Waals surface area (Å²) in [5, 5.41) is 2.92. The van der Waals surface area contributed by atoms with Gasteiger partial charge in [-0.25, -0.2) is 4.98 Å². The largest absolute Gasteiger partial charge is 0.496 e. The SMILES string of the molecule is COc1ccccc1CNC(=O)CCc1nc(-c2ccccc2)oc1C. The first-order chi connectivity index (χ1) is 12.7. The molecule has 26 heavy (non-hydrogen) atoms. The van der Waals surface area contributed by atoms with E-state index >= 15 is 0 Å². The lowest BCUT2D eigenvalue weighted by molar-refractivity contribution is -0.121. The van der Waals surface area contributed by atoms with Crippen LogP contribution in [0.15, 0.2) is 59.0 Å². The van der Waals surface area contributed by atoms with Crippen molar-refractivity contribution in [2.24, 2.45) is 0 Å². The fourth-order valence-corrected chi connectivity index (χ4v) is 2.73. The molecule has 0 spiro atoms. The molecule has 1 N–H and O–H groups in total. The molecule has 0 radical (unpaired) electrons. The Morgan fingerprint density at radius 3 is 2.62 bits per heavy atom. The molecule has 0 saturated heterocycles. The number of nitrogens with zero attached hydrogens (tertiary/aromatic N) is 1. The summed E-state index contributed by atoms with van der Waals surface area (Å²) in [7, 11) is 1.62. The minimum atomic E-state index is -0.0282. The Hall–Kier alpha value is -3.08. The maximum absolute atomic E-state index is 12.2. The lowest BCUT2D eigenvalue weighted by atomic mass is 10.2. The Morgan fingerprint density at radius 1 is 1.12 bits per heavy atom. The molecule has 0 aliphatic heterocycles. The van der Waals surface area contributed by atoms with Crippen molar-refractivity contribution in [1.82, 2.24) is 10.3 Å². The van der Waals surface area contributed by atoms with Gasteiger partial charge in [0.05, 0.1) is 12.8 Å². The van der Waals surface area contributed by atoms with Gasteiger partial charge in [-0.3, -0.25) is 4.79 Å². The number of aromatic nitrogens is 1. The number of carbonyl (C=O) groups is 1. The molecule has 1 amide bonds. The minimum absolute atomic E-state index is 0.0282. The van der Waals surface area contributed by atoms with Crippen LogP contribution in [0.25, 0.3) is 11.5 Å². The fraction of sp³-hybridized carbons (Fsp3) is 0.238. The summed E-state index contributed by atoms with van der Waals surface area (Å²) < 4.78 is 11.0. The monoisotopic (exact) mass is 350 g/mol. The van der Waals surface area contributed by atoms with Gasteiger partial charge >= 0.3 is 0 Å². The van der Waals surface area contributed by atoms with E-state index in [2.05, 4.69) is 10.3 Å². The van der Waals surface area contributed by atoms with Crippen LogP contribution in [0.2, 0.25) is 0 Å². The molecule has 0 atom stereocenters. The first-order valence-corrected chi connectivity index (χ1v) is 8.57. The summed E-state index contributed by atoms with van der Waals surface area (Å²) in [5.41, 5.74) is 2.70. The van der Waals surface area contributed by atoms with E-state index < -0.39 is 0 Å². The highest BCUT2D eigenvalue weighted by Crippen LogP contribution is 2.22. The molecule has 0 bridgehead atoms. The van der Waals surface area contributed by atoms with E-state index in [0.717, 1.165) is 28.3 Å². The van der Waals surface area contributed by atoms with E-state index in [-0.39, 0.29) is 5.91 Å². The quantitative estimate of drug-likeness (QED) is 0.702. The van der Waals surface area contributed by atoms with Gasteiger partial charge in [-0.1, -0.05) is 36.4 Å². The first-order valence-electron chi connectivity index (χ1n) is 8.57. The van der Waals surface area contributed by atoms with Crippen LogP contribution < -0.4 is 10.1 Å². The third kappa shape index (κ3) is 4.30. The molecule has 1 aromatic heterocycles. The van der Waals surface area contributed by atoms with E-state index in [1.54, 1.807) is 7.11 Å². The molecule has 2 aromatic carbocycles. The lowest BCUT2D eigenvalue weighted by Crippen LogP contribution is -2.23. The molecule has 5 nitrogen and oxygen atoms in total. The number of hydrogen-bond donors (Lipinski definition) is 1. The van der Waals surface area contributed by atoms with Crippen LogP contribution in [0.1, 0.15) is 23.4 Å². The van der Waals surface area contributed by atoms with Gasteiger partial charge in [-0.05, 0) is 25.1 Å². The van der Waals surface area contributed by atoms with E-state index in [4.69, 9.17) is 9.15 Å². The summed E-state index contributed by atoms with van der Waals surface area (Å²) in [6.45, 7) is 2.32. The molecule has 3 aromatic rings. The van der Waals surface area contributed by atoms with Gasteiger partial charge in [0.15, 0.2) is 0 Å². The fourth-order valence-electron chi connectivity index (χ4n) is 2.73. The van der Waals surface area contributed by atoms with Crippen molar-refractivity contribution >= 4 is 5.91 Å². The predicted molar refractivity (Wildman–Crippen MR) is 99.8 cm³/mol. The average Bonchev–Trinajstić information content (AvgIpc) is 3.06. The van der Waals surface area contributed by atoms with Crippen molar-refractivity contribution in [3.05, 3.63) is 71.6 Å². The van der Waals surface area contributed by atoms with Crippen molar-refractivity contribution in [2.45, 2.75) is 26.3 Å². The third-order valence-electron chi connectivity index (χ3n) is 4.17. The number of hydrogen-bond acceptors (Lipinski definition) is 4. The molecule has 3 rings (SSSR count). The average molecular weight is 350 g/mol. The maximum atomic E-state index is 12.2. The van der Waals surface area contributed by atoms with Gasteiger partial charge in [0.25, 0.3) is 0 Å². The number of rotatable bonds is 7. The highest BCUT2D eigenvalue weighted by Gasteiger charge is 2.13. The van der Waals surface area contributed by atoms with Gasteiger partial charge < -0.3 is 14.5 Å². The highest BCUT2D eigenvalue weighted by molar-refractivity contribution is 5.76. The van der Waals surface area contributed by atoms with Crippen LogP contribution >= 0.6 is 0 Å². The van der Waals surface area contributed by atoms with Crippen molar-refractivity contribution < 1.29 is 13.9 Å². The molecule has 5 heteroatoms. The predicted octanol–water partition coefficient (Wildman–Crippen LogP) is 3.91. The summed E-state index contributed by atoms with van der Waals surface area (Å²) in [6.07, 6.45) is 0.899. The zero-order valence-corrected chi connectivity index (χ0v) is 15.0. The standard InChI is InChI=1S/C21H22N2O3/c1-15-18(23-21(26-15)16-8-4-3-5-9-16)12-13-20(24)22-14-17-10-6-7-11-19(17)25-2/h3-11H,12-14H2,1-2H3,(H,22,24). The van der Waals surface area contributed by atoms with Crippen LogP contribution in [0, 0.1) is 6.92 Å². The van der Waals surface area contributed by atoms with E-state index in [1.807, 2.05) is 61.5 Å². The molecule has 0 unspecified atom stereocenters. The summed E-state index contributed by atoms with van der Waals surface area (Å²) in [5.74, 6) is 2.08. The number of benzene rings is 2. The molecule has 0 saturated carbocycles. The van der Waals surface area contributed by atoms with Crippen molar-refractivity contribution in [3.8, 4) is 17.2 Å². The van der Waals surface area contributed by atoms with Crippen molar-refractivity contribution in [1.29, 1.82) is 0 Å². The molecule has 134 valence electrons. The number of para-hydroxylation sites is 1. The van der Waals surface area contributed by atoms with E-state index in [1.165, 1.54) is 0 Å². The number of nitrogens with one attached hydrogen (secondary N) is 1. The Labute approximate surface area is 153 Å². The first kappa shape index (κ1) is 17.7. The number of ether oxygens (including phenoxy) is 1. The second kappa shape index (κ2) is 8.34. The minimum Gasteiger partial charge on any atom is -0.496 e. The van der Waals surface area contributed by atoms with Gasteiger partial charge in [-0.2, -0.15) is 0 Å². The Balaban J connectivity index is 1.56. The number of oxazole rings is 1. The maximum Gasteiger partial charge on any atom is 0.226 e. The summed E-state index contributed by atoms with van der Waals surface area (Å²) >= 11 is 0. The molecule has 1 heterocycles. The van der Waals surface area contributed by atoms with Crippen LogP contribution in [0.4, 0.5) is 0 Å². The lowest BCUT2D eigenvalue weighted by Gasteiger charge is -2.09. The van der Waals surface area contributed by atoms with Crippen LogP contribution in [0.3, 0.4) is 0 Å². The Morgan fingerprint density at radius 2 is 1.85 bits per heavy atom. The zero-order chi connectivity index (χ0) is 18.4. The second-order valence-corrected chi connectivity index (χ2v) is 5.98. The molecule has 0 aliphatic carbocycles. The molecule has 0 fully saturated rings. The van der Waals surface area contributed by atoms with Crippen LogP contribution in [-0.4, -0.2) is 18.0 Å². The molecular weight excluding hydrogens is 328 g/mol. The highest BCUT2D eigenvalue weighted by atomic mass is 16.5. The van der Waals surface area contributed by atoms with E-state index in [0.29, 0.717) is 25.3 Å². The van der Waals surface area contributed by atoms with Crippen molar-refractivity contribution in [3.63, 3.8) is 0 Å². The van der Waals surface area contributed by atoms with E-state index in [9.17, 15) is 4.79 Å².